The number of carbonyl (C=O) groups is 3. The Labute approximate surface area is 209 Å². The second kappa shape index (κ2) is 11.4. The number of allylic oxidation sites excluding steroid dienone is 1. The van der Waals surface area contributed by atoms with Crippen molar-refractivity contribution in [2.24, 2.45) is 0 Å². The number of para-hydroxylation sites is 1. The number of anilines is 1. The Hall–Kier alpha value is -3.98. The molecule has 0 unspecified atom stereocenters. The van der Waals surface area contributed by atoms with E-state index in [0.717, 1.165) is 5.56 Å². The minimum Gasteiger partial charge on any atom is -0.493 e. The fourth-order valence-corrected chi connectivity index (χ4v) is 3.92. The van der Waals surface area contributed by atoms with Gasteiger partial charge in [-0.25, -0.2) is 4.79 Å². The molecule has 3 rings (SSSR count). The maximum absolute atomic E-state index is 13.4. The summed E-state index contributed by atoms with van der Waals surface area (Å²) < 4.78 is 15.7. The summed E-state index contributed by atoms with van der Waals surface area (Å²) in [7, 11) is 2.72. The highest BCUT2D eigenvalue weighted by Gasteiger charge is 2.35. The van der Waals surface area contributed by atoms with Gasteiger partial charge in [0.05, 0.1) is 19.9 Å². The molecule has 2 aromatic rings. The Balaban J connectivity index is 2.06. The summed E-state index contributed by atoms with van der Waals surface area (Å²) in [4.78, 5) is 39.1. The van der Waals surface area contributed by atoms with Crippen LogP contribution in [0.1, 0.15) is 23.6 Å². The summed E-state index contributed by atoms with van der Waals surface area (Å²) in [6.45, 7) is 5.43. The molecule has 1 aliphatic heterocycles. The van der Waals surface area contributed by atoms with Crippen LogP contribution in [0, 0.1) is 0 Å². The molecule has 9 heteroatoms. The monoisotopic (exact) mass is 494 g/mol. The quantitative estimate of drug-likeness (QED) is 0.188. The zero-order valence-corrected chi connectivity index (χ0v) is 20.6. The average Bonchev–Trinajstić information content (AvgIpc) is 2.85. The third-order valence-corrected chi connectivity index (χ3v) is 5.61. The molecule has 2 aromatic carbocycles. The summed E-state index contributed by atoms with van der Waals surface area (Å²) in [5, 5.41) is 2.63. The molecule has 0 bridgehead atoms. The molecule has 182 valence electrons. The Kier molecular flexibility index (Phi) is 8.38. The van der Waals surface area contributed by atoms with Crippen molar-refractivity contribution in [2.75, 3.05) is 25.7 Å². The molecule has 1 N–H and O–H groups in total. The molecule has 0 atom stereocenters. The number of amides is 2. The highest BCUT2D eigenvalue weighted by molar-refractivity contribution is 7.80. The van der Waals surface area contributed by atoms with Crippen molar-refractivity contribution in [3.63, 3.8) is 0 Å². The first-order chi connectivity index (χ1) is 16.8. The van der Waals surface area contributed by atoms with Crippen molar-refractivity contribution in [3.8, 4) is 11.5 Å². The number of carbonyl (C=O) groups excluding carboxylic acids is 3. The van der Waals surface area contributed by atoms with Crippen LogP contribution < -0.4 is 19.7 Å². The number of hydrogen-bond acceptors (Lipinski definition) is 7. The molecule has 0 radical (unpaired) electrons. The van der Waals surface area contributed by atoms with Crippen LogP contribution in [0.25, 0.3) is 6.08 Å². The van der Waals surface area contributed by atoms with Gasteiger partial charge in [0.15, 0.2) is 23.2 Å². The number of ether oxygens (including phenoxy) is 3. The van der Waals surface area contributed by atoms with E-state index in [2.05, 4.69) is 16.6 Å². The first-order valence-corrected chi connectivity index (χ1v) is 11.3. The lowest BCUT2D eigenvalue weighted by atomic mass is 10.0. The van der Waals surface area contributed by atoms with Crippen molar-refractivity contribution in [2.45, 2.75) is 19.8 Å². The van der Waals surface area contributed by atoms with Crippen molar-refractivity contribution < 1.29 is 28.6 Å². The number of esters is 1. The maximum Gasteiger partial charge on any atom is 0.343 e. The SMILES string of the molecule is C=CCc1cc(/C=C2/C(=O)NC(=S)N(c3ccccc3CC)C2=O)cc(OC)c1OCC(=O)OC. The first kappa shape index (κ1) is 25.6. The molecular weight excluding hydrogens is 468 g/mol. The normalized spacial score (nSPS) is 14.5. The van der Waals surface area contributed by atoms with Gasteiger partial charge >= 0.3 is 5.97 Å². The van der Waals surface area contributed by atoms with Crippen LogP contribution in [0.15, 0.2) is 54.6 Å². The topological polar surface area (TPSA) is 94.2 Å². The van der Waals surface area contributed by atoms with Crippen LogP contribution in [0.4, 0.5) is 5.69 Å². The number of hydrogen-bond donors (Lipinski definition) is 1. The van der Waals surface area contributed by atoms with E-state index >= 15 is 0 Å². The van der Waals surface area contributed by atoms with Crippen LogP contribution in [-0.2, 0) is 32.0 Å². The van der Waals surface area contributed by atoms with Crippen LogP contribution in [0.2, 0.25) is 0 Å². The Morgan fingerprint density at radius 1 is 1.17 bits per heavy atom. The van der Waals surface area contributed by atoms with Crippen LogP contribution in [-0.4, -0.2) is 43.7 Å². The molecule has 0 saturated carbocycles. The number of methoxy groups -OCH3 is 2. The Morgan fingerprint density at radius 3 is 2.57 bits per heavy atom. The van der Waals surface area contributed by atoms with E-state index in [9.17, 15) is 14.4 Å². The van der Waals surface area contributed by atoms with Crippen molar-refractivity contribution in [1.82, 2.24) is 5.32 Å². The Morgan fingerprint density at radius 2 is 1.91 bits per heavy atom. The van der Waals surface area contributed by atoms with E-state index in [0.29, 0.717) is 41.2 Å². The number of aryl methyl sites for hydroxylation is 1. The van der Waals surface area contributed by atoms with Gasteiger partial charge in [0.25, 0.3) is 11.8 Å². The lowest BCUT2D eigenvalue weighted by Gasteiger charge is -2.30. The average molecular weight is 495 g/mol. The third-order valence-electron chi connectivity index (χ3n) is 5.33. The summed E-state index contributed by atoms with van der Waals surface area (Å²) in [6, 6.07) is 10.7. The third kappa shape index (κ3) is 5.58. The number of thiocarbonyl (C=S) groups is 1. The zero-order chi connectivity index (χ0) is 25.5. The highest BCUT2D eigenvalue weighted by Crippen LogP contribution is 2.35. The molecule has 0 aromatic heterocycles. The van der Waals surface area contributed by atoms with E-state index in [1.165, 1.54) is 25.2 Å². The van der Waals surface area contributed by atoms with Gasteiger partial charge in [-0.3, -0.25) is 19.8 Å². The number of nitrogens with one attached hydrogen (secondary N) is 1. The molecule has 1 saturated heterocycles. The van der Waals surface area contributed by atoms with E-state index in [1.54, 1.807) is 24.3 Å². The molecular formula is C26H26N2O6S. The highest BCUT2D eigenvalue weighted by atomic mass is 32.1. The summed E-state index contributed by atoms with van der Waals surface area (Å²) >= 11 is 5.32. The lowest BCUT2D eigenvalue weighted by molar-refractivity contribution is -0.143. The van der Waals surface area contributed by atoms with Crippen LogP contribution >= 0.6 is 12.2 Å². The summed E-state index contributed by atoms with van der Waals surface area (Å²) in [6.07, 6.45) is 4.21. The summed E-state index contributed by atoms with van der Waals surface area (Å²) in [5.41, 5.74) is 2.63. The number of nitrogens with zero attached hydrogens (tertiary/aromatic N) is 1. The van der Waals surface area contributed by atoms with E-state index < -0.39 is 17.8 Å². The van der Waals surface area contributed by atoms with Crippen LogP contribution in [0.5, 0.6) is 11.5 Å². The molecule has 0 aliphatic carbocycles. The smallest absolute Gasteiger partial charge is 0.343 e. The predicted molar refractivity (Wildman–Crippen MR) is 136 cm³/mol. The zero-order valence-electron chi connectivity index (χ0n) is 19.8. The van der Waals surface area contributed by atoms with E-state index in [1.807, 2.05) is 25.1 Å². The van der Waals surface area contributed by atoms with Gasteiger partial charge in [0.1, 0.15) is 5.57 Å². The standard InChI is InChI=1S/C26H26N2O6S/c1-5-9-18-12-16(14-21(32-3)23(18)34-15-22(29)33-4)13-19-24(30)27-26(35)28(25(19)31)20-11-8-7-10-17(20)6-2/h5,7-8,10-14H,1,6,9,15H2,2-4H3,(H,27,30,35)/b19-13-. The predicted octanol–water partition coefficient (Wildman–Crippen LogP) is 3.37. The minimum absolute atomic E-state index is 0.0227. The molecule has 0 spiro atoms. The molecule has 35 heavy (non-hydrogen) atoms. The van der Waals surface area contributed by atoms with Crippen LogP contribution in [0.3, 0.4) is 0 Å². The van der Waals surface area contributed by atoms with Gasteiger partial charge < -0.3 is 14.2 Å². The Bertz CT molecular complexity index is 1220. The minimum atomic E-state index is -0.597. The molecule has 2 amide bonds. The van der Waals surface area contributed by atoms with Gasteiger partial charge in [-0.2, -0.15) is 0 Å². The van der Waals surface area contributed by atoms with Crippen molar-refractivity contribution in [1.29, 1.82) is 0 Å². The molecule has 1 fully saturated rings. The number of rotatable bonds is 9. The largest absolute Gasteiger partial charge is 0.493 e. The van der Waals surface area contributed by atoms with Gasteiger partial charge in [0, 0.05) is 5.56 Å². The van der Waals surface area contributed by atoms with Gasteiger partial charge in [0.2, 0.25) is 0 Å². The number of benzene rings is 2. The van der Waals surface area contributed by atoms with Gasteiger partial charge in [-0.15, -0.1) is 6.58 Å². The van der Waals surface area contributed by atoms with Crippen molar-refractivity contribution >= 4 is 46.9 Å². The van der Waals surface area contributed by atoms with Gasteiger partial charge in [-0.05, 0) is 60.5 Å². The first-order valence-electron chi connectivity index (χ1n) is 10.8. The van der Waals surface area contributed by atoms with Gasteiger partial charge in [-0.1, -0.05) is 31.2 Å². The van der Waals surface area contributed by atoms with E-state index in [-0.39, 0.29) is 17.3 Å². The maximum atomic E-state index is 13.4. The second-order valence-corrected chi connectivity index (χ2v) is 7.90. The fraction of sp³-hybridized carbons (Fsp3) is 0.231. The van der Waals surface area contributed by atoms with Crippen molar-refractivity contribution in [3.05, 3.63) is 71.3 Å². The lowest BCUT2D eigenvalue weighted by Crippen LogP contribution is -2.54. The molecule has 1 aliphatic rings. The second-order valence-electron chi connectivity index (χ2n) is 7.51. The summed E-state index contributed by atoms with van der Waals surface area (Å²) in [5.74, 6) is -1.00. The fourth-order valence-electron chi connectivity index (χ4n) is 3.65. The molecule has 1 heterocycles. The molecule has 8 nitrogen and oxygen atoms in total. The van der Waals surface area contributed by atoms with E-state index in [4.69, 9.17) is 21.7 Å².